The molecule has 196 valence electrons. The predicted molar refractivity (Wildman–Crippen MR) is 131 cm³/mol. The van der Waals surface area contributed by atoms with Crippen molar-refractivity contribution in [3.63, 3.8) is 0 Å². The number of nitrogens with zero attached hydrogens (tertiary/aromatic N) is 5. The van der Waals surface area contributed by atoms with Gasteiger partial charge < -0.3 is 19.7 Å². The van der Waals surface area contributed by atoms with Crippen molar-refractivity contribution in [2.75, 3.05) is 37.6 Å². The number of amides is 1. The minimum absolute atomic E-state index is 0.000419. The molecule has 0 saturated carbocycles. The van der Waals surface area contributed by atoms with E-state index in [0.29, 0.717) is 12.1 Å². The zero-order valence-electron chi connectivity index (χ0n) is 20.9. The lowest BCUT2D eigenvalue weighted by molar-refractivity contribution is -0.134. The van der Waals surface area contributed by atoms with Crippen molar-refractivity contribution >= 4 is 11.6 Å². The molecule has 10 heteroatoms. The van der Waals surface area contributed by atoms with Gasteiger partial charge in [0, 0.05) is 62.2 Å². The fraction of sp³-hybridized carbons (Fsp3) is 0.654. The number of anilines is 1. The Morgan fingerprint density at radius 2 is 1.86 bits per heavy atom. The number of aromatic nitrogens is 3. The SMILES string of the molecule is C[C@H]1NC(=O)Cc2nccc(N3CCC(c4nc(CCC(F)(F)F)cn4CCN4CCCC4)CC3)c21. The predicted octanol–water partition coefficient (Wildman–Crippen LogP) is 3.99. The lowest BCUT2D eigenvalue weighted by atomic mass is 9.93. The summed E-state index contributed by atoms with van der Waals surface area (Å²) in [6, 6.07) is 1.95. The van der Waals surface area contributed by atoms with Gasteiger partial charge in [0.05, 0.1) is 23.9 Å². The Labute approximate surface area is 210 Å². The summed E-state index contributed by atoms with van der Waals surface area (Å²) in [5, 5.41) is 3.02. The Morgan fingerprint density at radius 1 is 1.11 bits per heavy atom. The van der Waals surface area contributed by atoms with Crippen LogP contribution in [0.5, 0.6) is 0 Å². The van der Waals surface area contributed by atoms with Crippen LogP contribution in [0.25, 0.3) is 0 Å². The summed E-state index contributed by atoms with van der Waals surface area (Å²) in [6.45, 7) is 7.53. The molecule has 36 heavy (non-hydrogen) atoms. The zero-order chi connectivity index (χ0) is 25.3. The molecule has 0 aromatic carbocycles. The van der Waals surface area contributed by atoms with Crippen LogP contribution in [0.2, 0.25) is 0 Å². The van der Waals surface area contributed by atoms with E-state index in [2.05, 4.69) is 24.7 Å². The number of aryl methyl sites for hydroxylation is 1. The van der Waals surface area contributed by atoms with E-state index in [1.165, 1.54) is 12.8 Å². The first-order chi connectivity index (χ1) is 17.3. The summed E-state index contributed by atoms with van der Waals surface area (Å²) < 4.78 is 40.7. The molecule has 0 radical (unpaired) electrons. The number of alkyl halides is 3. The van der Waals surface area contributed by atoms with Crippen LogP contribution < -0.4 is 10.2 Å². The summed E-state index contributed by atoms with van der Waals surface area (Å²) in [4.78, 5) is 25.9. The Kier molecular flexibility index (Phi) is 7.23. The molecule has 0 unspecified atom stereocenters. The van der Waals surface area contributed by atoms with Crippen LogP contribution >= 0.6 is 0 Å². The van der Waals surface area contributed by atoms with Crippen LogP contribution in [0, 0.1) is 0 Å². The van der Waals surface area contributed by atoms with E-state index in [0.717, 1.165) is 74.9 Å². The number of halogens is 3. The molecule has 2 aromatic rings. The van der Waals surface area contributed by atoms with Crippen molar-refractivity contribution in [2.24, 2.45) is 0 Å². The molecule has 1 N–H and O–H groups in total. The maximum Gasteiger partial charge on any atom is 0.389 e. The topological polar surface area (TPSA) is 66.3 Å². The van der Waals surface area contributed by atoms with Gasteiger partial charge in [-0.15, -0.1) is 0 Å². The zero-order valence-corrected chi connectivity index (χ0v) is 20.9. The minimum atomic E-state index is -4.18. The van der Waals surface area contributed by atoms with Gasteiger partial charge in [0.2, 0.25) is 5.91 Å². The van der Waals surface area contributed by atoms with Crippen molar-refractivity contribution in [1.82, 2.24) is 24.8 Å². The van der Waals surface area contributed by atoms with Crippen LogP contribution in [0.4, 0.5) is 18.9 Å². The molecule has 5 heterocycles. The van der Waals surface area contributed by atoms with Crippen molar-refractivity contribution in [1.29, 1.82) is 0 Å². The summed E-state index contributed by atoms with van der Waals surface area (Å²) in [6.07, 6.45) is 3.06. The maximum absolute atomic E-state index is 12.9. The Balaban J connectivity index is 1.30. The van der Waals surface area contributed by atoms with Gasteiger partial charge in [0.15, 0.2) is 0 Å². The van der Waals surface area contributed by atoms with Gasteiger partial charge in [-0.2, -0.15) is 13.2 Å². The van der Waals surface area contributed by atoms with Crippen molar-refractivity contribution in [3.05, 3.63) is 41.2 Å². The van der Waals surface area contributed by atoms with Gasteiger partial charge in [0.1, 0.15) is 5.82 Å². The first-order valence-electron chi connectivity index (χ1n) is 13.1. The monoisotopic (exact) mass is 504 g/mol. The normalized spacial score (nSPS) is 21.6. The molecule has 0 spiro atoms. The summed E-state index contributed by atoms with van der Waals surface area (Å²) in [5.74, 6) is 1.15. The van der Waals surface area contributed by atoms with Crippen molar-refractivity contribution < 1.29 is 18.0 Å². The molecule has 7 nitrogen and oxygen atoms in total. The number of likely N-dealkylation sites (tertiary alicyclic amines) is 1. The summed E-state index contributed by atoms with van der Waals surface area (Å²) >= 11 is 0. The Morgan fingerprint density at radius 3 is 2.58 bits per heavy atom. The number of fused-ring (bicyclic) bond motifs is 1. The quantitative estimate of drug-likeness (QED) is 0.618. The molecular formula is C26H35F3N6O. The van der Waals surface area contributed by atoms with E-state index in [9.17, 15) is 18.0 Å². The van der Waals surface area contributed by atoms with Gasteiger partial charge in [-0.05, 0) is 58.2 Å². The second-order valence-electron chi connectivity index (χ2n) is 10.4. The number of carbonyl (C=O) groups excluding carboxylic acids is 1. The van der Waals surface area contributed by atoms with Crippen LogP contribution in [0.3, 0.4) is 0 Å². The van der Waals surface area contributed by atoms with Crippen LogP contribution in [0.15, 0.2) is 18.5 Å². The third-order valence-electron chi connectivity index (χ3n) is 7.77. The van der Waals surface area contributed by atoms with Gasteiger partial charge in [-0.1, -0.05) is 0 Å². The number of rotatable bonds is 7. The van der Waals surface area contributed by atoms with E-state index in [1.807, 2.05) is 19.2 Å². The second kappa shape index (κ2) is 10.4. The molecule has 1 atom stereocenters. The third-order valence-corrected chi connectivity index (χ3v) is 7.77. The summed E-state index contributed by atoms with van der Waals surface area (Å²) in [7, 11) is 0. The van der Waals surface area contributed by atoms with E-state index in [-0.39, 0.29) is 24.3 Å². The first kappa shape index (κ1) is 25.0. The first-order valence-corrected chi connectivity index (χ1v) is 13.1. The highest BCUT2D eigenvalue weighted by Gasteiger charge is 2.31. The highest BCUT2D eigenvalue weighted by molar-refractivity contribution is 5.82. The second-order valence-corrected chi connectivity index (χ2v) is 10.4. The van der Waals surface area contributed by atoms with Gasteiger partial charge in [0.25, 0.3) is 0 Å². The number of nitrogens with one attached hydrogen (secondary N) is 1. The van der Waals surface area contributed by atoms with Gasteiger partial charge in [-0.3, -0.25) is 9.78 Å². The number of pyridine rings is 1. The highest BCUT2D eigenvalue weighted by Crippen LogP contribution is 2.36. The Bertz CT molecular complexity index is 1070. The standard InChI is InChI=1S/C26H35F3N6O/c1-18-24-21(16-23(36)31-18)30-9-5-22(24)34-12-6-19(7-13-34)25-32-20(4-8-26(27,28)29)17-35(25)15-14-33-10-2-3-11-33/h5,9,17-19H,2-4,6-8,10-16H2,1H3,(H,31,36)/t18-/m1/s1. The fourth-order valence-electron chi connectivity index (χ4n) is 5.93. The molecule has 0 aliphatic carbocycles. The Hall–Kier alpha value is -2.62. The number of piperidine rings is 1. The average molecular weight is 505 g/mol. The molecule has 5 rings (SSSR count). The van der Waals surface area contributed by atoms with Crippen LogP contribution in [-0.2, 0) is 24.2 Å². The molecular weight excluding hydrogens is 469 g/mol. The molecule has 2 saturated heterocycles. The van der Waals surface area contributed by atoms with Crippen molar-refractivity contribution in [2.45, 2.75) is 76.6 Å². The molecule has 0 bridgehead atoms. The van der Waals surface area contributed by atoms with E-state index < -0.39 is 12.6 Å². The molecule has 3 aliphatic rings. The van der Waals surface area contributed by atoms with Gasteiger partial charge in [-0.25, -0.2) is 4.98 Å². The van der Waals surface area contributed by atoms with Crippen LogP contribution in [-0.4, -0.2) is 64.2 Å². The van der Waals surface area contributed by atoms with E-state index in [1.54, 1.807) is 6.20 Å². The molecule has 2 aromatic heterocycles. The van der Waals surface area contributed by atoms with Crippen molar-refractivity contribution in [3.8, 4) is 0 Å². The van der Waals surface area contributed by atoms with E-state index in [4.69, 9.17) is 4.98 Å². The number of carbonyl (C=O) groups is 1. The largest absolute Gasteiger partial charge is 0.389 e. The number of hydrogen-bond donors (Lipinski definition) is 1. The number of imidazole rings is 1. The molecule has 1 amide bonds. The fourth-order valence-corrected chi connectivity index (χ4v) is 5.93. The van der Waals surface area contributed by atoms with Gasteiger partial charge >= 0.3 is 6.18 Å². The lowest BCUT2D eigenvalue weighted by Crippen LogP contribution is -2.39. The molecule has 2 fully saturated rings. The smallest absolute Gasteiger partial charge is 0.371 e. The molecule has 3 aliphatic heterocycles. The maximum atomic E-state index is 12.9. The van der Waals surface area contributed by atoms with E-state index >= 15 is 0 Å². The highest BCUT2D eigenvalue weighted by atomic mass is 19.4. The minimum Gasteiger partial charge on any atom is -0.371 e. The van der Waals surface area contributed by atoms with Crippen LogP contribution in [0.1, 0.15) is 73.8 Å². The average Bonchev–Trinajstić information content (AvgIpc) is 3.50. The summed E-state index contributed by atoms with van der Waals surface area (Å²) in [5.41, 5.74) is 3.60. The number of hydrogen-bond acceptors (Lipinski definition) is 5. The lowest BCUT2D eigenvalue weighted by Gasteiger charge is -2.37. The third kappa shape index (κ3) is 5.68.